The zero-order valence-corrected chi connectivity index (χ0v) is 20.3. The van der Waals surface area contributed by atoms with E-state index in [-0.39, 0.29) is 14.8 Å². The zero-order chi connectivity index (χ0) is 24.1. The van der Waals surface area contributed by atoms with Gasteiger partial charge in [0.05, 0.1) is 6.10 Å². The lowest BCUT2D eigenvalue weighted by molar-refractivity contribution is 0.224. The highest BCUT2D eigenvalue weighted by Gasteiger charge is 2.17. The van der Waals surface area contributed by atoms with Crippen LogP contribution in [-0.4, -0.2) is 19.1 Å². The molecule has 0 amide bonds. The van der Waals surface area contributed by atoms with Gasteiger partial charge in [-0.25, -0.2) is 9.55 Å². The number of nitrogens with zero attached hydrogens (tertiary/aromatic N) is 2. The quantitative estimate of drug-likeness (QED) is 0.198. The summed E-state index contributed by atoms with van der Waals surface area (Å²) in [5, 5.41) is 5.25. The molecule has 1 heterocycles. The van der Waals surface area contributed by atoms with Crippen molar-refractivity contribution in [1.29, 1.82) is 0 Å². The maximum atomic E-state index is 11.0. The van der Waals surface area contributed by atoms with Crippen LogP contribution in [0.15, 0.2) is 72.9 Å². The van der Waals surface area contributed by atoms with Gasteiger partial charge in [0, 0.05) is 59.8 Å². The van der Waals surface area contributed by atoms with Crippen molar-refractivity contribution in [3.8, 4) is 11.5 Å². The Labute approximate surface area is 200 Å². The van der Waals surface area contributed by atoms with E-state index in [0.717, 1.165) is 33.5 Å². The number of hydrogen-bond acceptors (Lipinski definition) is 7. The molecule has 0 saturated carbocycles. The van der Waals surface area contributed by atoms with Crippen molar-refractivity contribution in [3.63, 3.8) is 0 Å². The van der Waals surface area contributed by atoms with Crippen LogP contribution >= 0.6 is 8.69 Å². The monoisotopic (exact) mass is 474 g/mol. The summed E-state index contributed by atoms with van der Waals surface area (Å²) in [4.78, 5) is 6.45. The summed E-state index contributed by atoms with van der Waals surface area (Å²) in [7, 11) is 3.60. The number of fused-ring (bicyclic) bond motifs is 1. The van der Waals surface area contributed by atoms with Gasteiger partial charge in [-0.3, -0.25) is 4.52 Å². The summed E-state index contributed by atoms with van der Waals surface area (Å²) in [6.45, 7) is 2.00. The third-order valence-corrected chi connectivity index (χ3v) is 5.89. The smallest absolute Gasteiger partial charge is 0.327 e. The summed E-state index contributed by atoms with van der Waals surface area (Å²) in [5.41, 5.74) is 9.64. The van der Waals surface area contributed by atoms with Crippen molar-refractivity contribution in [2.45, 2.75) is 19.4 Å². The second-order valence-corrected chi connectivity index (χ2v) is 8.41. The minimum atomic E-state index is -0.328. The molecule has 0 spiro atoms. The molecule has 1 aromatic heterocycles. The fraction of sp³-hybridized carbons (Fsp3) is 0.192. The highest BCUT2D eigenvalue weighted by atomic mass is 31.1. The zero-order valence-electron chi connectivity index (χ0n) is 19.4. The number of nitrogens with one attached hydrogen (secondary N) is 1. The molecule has 0 radical (unpaired) electrons. The summed E-state index contributed by atoms with van der Waals surface area (Å²) in [5.74, 6) is 2.03. The standard InChI is InChI=1S/C26H27N4O3P/c1-4-24(33-34-31)21-10-9-17(15-23(21)30(2)3)29-26-16-18(13-14-28-26)32-25-12-11-22(27)19-7-5-6-8-20(19)25/h5-16,24H,4,27H2,1-3H3,(H,28,29). The Balaban J connectivity index is 1.59. The summed E-state index contributed by atoms with van der Waals surface area (Å²) in [6.07, 6.45) is 2.16. The van der Waals surface area contributed by atoms with Crippen LogP contribution in [0, 0.1) is 0 Å². The maximum Gasteiger partial charge on any atom is 0.327 e. The Bertz CT molecular complexity index is 1310. The first-order valence-electron chi connectivity index (χ1n) is 11.0. The van der Waals surface area contributed by atoms with Gasteiger partial charge < -0.3 is 20.7 Å². The topological polar surface area (TPSA) is 89.7 Å². The third-order valence-electron chi connectivity index (χ3n) is 5.55. The number of nitrogens with two attached hydrogens (primary N) is 1. The lowest BCUT2D eigenvalue weighted by atomic mass is 10.0. The van der Waals surface area contributed by atoms with Crippen molar-refractivity contribution in [1.82, 2.24) is 4.98 Å². The van der Waals surface area contributed by atoms with Crippen LogP contribution in [-0.2, 0) is 9.09 Å². The lowest BCUT2D eigenvalue weighted by Gasteiger charge is -2.23. The summed E-state index contributed by atoms with van der Waals surface area (Å²) >= 11 is 0. The van der Waals surface area contributed by atoms with E-state index < -0.39 is 0 Å². The molecule has 8 heteroatoms. The first-order chi connectivity index (χ1) is 16.5. The molecule has 3 N–H and O–H groups in total. The highest BCUT2D eigenvalue weighted by molar-refractivity contribution is 7.17. The molecule has 0 fully saturated rings. The summed E-state index contributed by atoms with van der Waals surface area (Å²) < 4.78 is 22.6. The number of pyridine rings is 1. The Hall–Kier alpha value is -3.67. The molecule has 4 aromatic rings. The molecule has 1 atom stereocenters. The molecule has 0 aliphatic rings. The third kappa shape index (κ3) is 5.11. The van der Waals surface area contributed by atoms with E-state index in [1.54, 1.807) is 6.20 Å². The van der Waals surface area contributed by atoms with Crippen LogP contribution in [0.3, 0.4) is 0 Å². The van der Waals surface area contributed by atoms with Crippen LogP contribution in [0.1, 0.15) is 25.0 Å². The van der Waals surface area contributed by atoms with Gasteiger partial charge in [0.1, 0.15) is 17.3 Å². The minimum absolute atomic E-state index is 0.254. The second-order valence-electron chi connectivity index (χ2n) is 8.05. The van der Waals surface area contributed by atoms with E-state index in [9.17, 15) is 4.57 Å². The lowest BCUT2D eigenvalue weighted by Crippen LogP contribution is -2.13. The largest absolute Gasteiger partial charge is 0.457 e. The predicted molar refractivity (Wildman–Crippen MR) is 138 cm³/mol. The number of benzene rings is 3. The molecule has 0 bridgehead atoms. The Morgan fingerprint density at radius 3 is 2.59 bits per heavy atom. The van der Waals surface area contributed by atoms with Crippen LogP contribution in [0.2, 0.25) is 0 Å². The molecule has 7 nitrogen and oxygen atoms in total. The Kier molecular flexibility index (Phi) is 7.26. The number of nitrogen functional groups attached to an aromatic ring is 1. The van der Waals surface area contributed by atoms with Gasteiger partial charge in [-0.05, 0) is 36.8 Å². The molecule has 1 unspecified atom stereocenters. The van der Waals surface area contributed by atoms with Crippen molar-refractivity contribution in [2.24, 2.45) is 0 Å². The maximum absolute atomic E-state index is 11.0. The average Bonchev–Trinajstić information content (AvgIpc) is 2.85. The Morgan fingerprint density at radius 2 is 1.85 bits per heavy atom. The van der Waals surface area contributed by atoms with Crippen molar-refractivity contribution in [2.75, 3.05) is 30.0 Å². The summed E-state index contributed by atoms with van der Waals surface area (Å²) in [6, 6.07) is 21.2. The minimum Gasteiger partial charge on any atom is -0.457 e. The molecule has 4 rings (SSSR count). The number of hydrogen-bond donors (Lipinski definition) is 2. The molecule has 34 heavy (non-hydrogen) atoms. The average molecular weight is 475 g/mol. The van der Waals surface area contributed by atoms with E-state index >= 15 is 0 Å². The number of anilines is 4. The SMILES string of the molecule is CCC(OP=O)c1ccc(Nc2cc(Oc3ccc(N)c4ccccc34)ccn2)cc1N(C)C. The molecule has 0 aliphatic heterocycles. The van der Waals surface area contributed by atoms with Crippen LogP contribution in [0.5, 0.6) is 11.5 Å². The first kappa shape index (κ1) is 23.5. The van der Waals surface area contributed by atoms with Crippen molar-refractivity contribution in [3.05, 3.63) is 78.5 Å². The molecular formula is C26H27N4O3P. The van der Waals surface area contributed by atoms with Crippen molar-refractivity contribution >= 4 is 42.3 Å². The molecule has 0 aliphatic carbocycles. The molecular weight excluding hydrogens is 447 g/mol. The van der Waals surface area contributed by atoms with Crippen molar-refractivity contribution < 1.29 is 13.8 Å². The molecule has 3 aromatic carbocycles. The fourth-order valence-corrected chi connectivity index (χ4v) is 4.25. The van der Waals surface area contributed by atoms with Gasteiger partial charge in [-0.15, -0.1) is 0 Å². The molecule has 0 saturated heterocycles. The highest BCUT2D eigenvalue weighted by Crippen LogP contribution is 2.36. The van der Waals surface area contributed by atoms with Gasteiger partial charge in [0.25, 0.3) is 0 Å². The van der Waals surface area contributed by atoms with Gasteiger partial charge in [0.2, 0.25) is 0 Å². The van der Waals surface area contributed by atoms with E-state index in [4.69, 9.17) is 15.0 Å². The Morgan fingerprint density at radius 1 is 1.06 bits per heavy atom. The number of rotatable bonds is 9. The van der Waals surface area contributed by atoms with Gasteiger partial charge in [-0.1, -0.05) is 37.3 Å². The molecule has 174 valence electrons. The van der Waals surface area contributed by atoms with Gasteiger partial charge in [-0.2, -0.15) is 0 Å². The first-order valence-corrected chi connectivity index (χ1v) is 11.7. The second kappa shape index (κ2) is 10.5. The van der Waals surface area contributed by atoms with E-state index in [0.29, 0.717) is 23.7 Å². The van der Waals surface area contributed by atoms with E-state index in [1.165, 1.54) is 0 Å². The number of aromatic nitrogens is 1. The van der Waals surface area contributed by atoms with Crippen LogP contribution in [0.4, 0.5) is 22.9 Å². The van der Waals surface area contributed by atoms with E-state index in [1.807, 2.05) is 92.6 Å². The van der Waals surface area contributed by atoms with Gasteiger partial charge >= 0.3 is 8.69 Å². The predicted octanol–water partition coefficient (Wildman–Crippen LogP) is 7.09. The normalized spacial score (nSPS) is 12.0. The fourth-order valence-electron chi connectivity index (χ4n) is 3.89. The van der Waals surface area contributed by atoms with Gasteiger partial charge in [0.15, 0.2) is 0 Å². The van der Waals surface area contributed by atoms with Crippen LogP contribution in [0.25, 0.3) is 10.8 Å². The number of ether oxygens (including phenoxy) is 1. The van der Waals surface area contributed by atoms with E-state index in [2.05, 4.69) is 10.3 Å². The van der Waals surface area contributed by atoms with Crippen LogP contribution < -0.4 is 20.7 Å².